The maximum Gasteiger partial charge on any atom is 0.258 e. The van der Waals surface area contributed by atoms with Crippen LogP contribution in [0.25, 0.3) is 0 Å². The summed E-state index contributed by atoms with van der Waals surface area (Å²) in [5, 5.41) is 2.58. The third-order valence-corrected chi connectivity index (χ3v) is 4.36. The molecule has 2 aliphatic heterocycles. The molecule has 1 aromatic carbocycles. The third-order valence-electron chi connectivity index (χ3n) is 4.36. The molecule has 2 aromatic rings. The van der Waals surface area contributed by atoms with E-state index in [1.54, 1.807) is 6.07 Å². The SMILES string of the molecule is COc1cc([C@@H]2CC(=O)Nc3nc(N)[nH]c(=O)c32)c(OC)c2c1OCO2. The Morgan fingerprint density at radius 1 is 1.23 bits per heavy atom. The molecule has 10 heteroatoms. The van der Waals surface area contributed by atoms with Gasteiger partial charge in [-0.25, -0.2) is 0 Å². The van der Waals surface area contributed by atoms with Gasteiger partial charge in [-0.15, -0.1) is 0 Å². The molecule has 0 saturated carbocycles. The molecule has 1 amide bonds. The number of nitrogens with two attached hydrogens (primary N) is 1. The summed E-state index contributed by atoms with van der Waals surface area (Å²) in [7, 11) is 2.96. The summed E-state index contributed by atoms with van der Waals surface area (Å²) in [5.41, 5.74) is 6.00. The number of nitrogen functional groups attached to an aromatic ring is 1. The minimum atomic E-state index is -0.617. The number of aromatic nitrogens is 2. The molecular weight excluding hydrogens is 344 g/mol. The van der Waals surface area contributed by atoms with E-state index in [9.17, 15) is 9.59 Å². The number of rotatable bonds is 3. The monoisotopic (exact) mass is 360 g/mol. The Labute approximate surface area is 147 Å². The first-order valence-electron chi connectivity index (χ1n) is 7.77. The van der Waals surface area contributed by atoms with Crippen molar-refractivity contribution in [2.45, 2.75) is 12.3 Å². The van der Waals surface area contributed by atoms with E-state index >= 15 is 0 Å². The number of fused-ring (bicyclic) bond motifs is 2. The van der Waals surface area contributed by atoms with Gasteiger partial charge in [0.25, 0.3) is 5.56 Å². The molecule has 2 aliphatic rings. The third kappa shape index (κ3) is 2.30. The molecule has 0 unspecified atom stereocenters. The van der Waals surface area contributed by atoms with E-state index in [1.807, 2.05) is 0 Å². The van der Waals surface area contributed by atoms with E-state index in [1.165, 1.54) is 14.2 Å². The van der Waals surface area contributed by atoms with E-state index in [2.05, 4.69) is 15.3 Å². The van der Waals surface area contributed by atoms with Crippen molar-refractivity contribution in [2.24, 2.45) is 0 Å². The van der Waals surface area contributed by atoms with Crippen molar-refractivity contribution >= 4 is 17.7 Å². The zero-order valence-electron chi connectivity index (χ0n) is 14.0. The van der Waals surface area contributed by atoms with Gasteiger partial charge in [0.05, 0.1) is 19.8 Å². The number of ether oxygens (including phenoxy) is 4. The maximum atomic E-state index is 12.5. The summed E-state index contributed by atoms with van der Waals surface area (Å²) in [5.74, 6) is 0.719. The number of hydrogen-bond acceptors (Lipinski definition) is 8. The van der Waals surface area contributed by atoms with Crippen molar-refractivity contribution in [2.75, 3.05) is 32.1 Å². The number of benzene rings is 1. The number of carbonyl (C=O) groups excluding carboxylic acids is 1. The molecule has 0 bridgehead atoms. The molecular formula is C16H16N4O6. The fourth-order valence-electron chi connectivity index (χ4n) is 3.31. The molecule has 4 N–H and O–H groups in total. The Morgan fingerprint density at radius 2 is 2.00 bits per heavy atom. The Balaban J connectivity index is 1.97. The lowest BCUT2D eigenvalue weighted by Gasteiger charge is -2.26. The van der Waals surface area contributed by atoms with Gasteiger partial charge in [0.2, 0.25) is 30.1 Å². The van der Waals surface area contributed by atoms with Gasteiger partial charge in [0.1, 0.15) is 5.82 Å². The fourth-order valence-corrected chi connectivity index (χ4v) is 3.31. The first-order valence-corrected chi connectivity index (χ1v) is 7.77. The normalized spacial score (nSPS) is 17.5. The highest BCUT2D eigenvalue weighted by Crippen LogP contribution is 2.53. The molecule has 4 rings (SSSR count). The average molecular weight is 360 g/mol. The van der Waals surface area contributed by atoms with Crippen molar-refractivity contribution < 1.29 is 23.7 Å². The fraction of sp³-hybridized carbons (Fsp3) is 0.312. The van der Waals surface area contributed by atoms with Gasteiger partial charge in [-0.2, -0.15) is 4.98 Å². The molecule has 26 heavy (non-hydrogen) atoms. The van der Waals surface area contributed by atoms with E-state index in [4.69, 9.17) is 24.7 Å². The second-order valence-corrected chi connectivity index (χ2v) is 5.78. The van der Waals surface area contributed by atoms with Crippen molar-refractivity contribution in [3.8, 4) is 23.0 Å². The molecule has 0 spiro atoms. The van der Waals surface area contributed by atoms with Gasteiger partial charge in [-0.3, -0.25) is 14.6 Å². The predicted molar refractivity (Wildman–Crippen MR) is 90.0 cm³/mol. The van der Waals surface area contributed by atoms with Crippen LogP contribution in [0.2, 0.25) is 0 Å². The number of amides is 1. The predicted octanol–water partition coefficient (Wildman–Crippen LogP) is 0.572. The highest BCUT2D eigenvalue weighted by Gasteiger charge is 2.36. The van der Waals surface area contributed by atoms with Crippen LogP contribution in [0.3, 0.4) is 0 Å². The Kier molecular flexibility index (Phi) is 3.60. The van der Waals surface area contributed by atoms with Crippen molar-refractivity contribution in [3.63, 3.8) is 0 Å². The summed E-state index contributed by atoms with van der Waals surface area (Å²) in [6.45, 7) is 0.0198. The minimum absolute atomic E-state index is 0.0198. The zero-order chi connectivity index (χ0) is 18.4. The van der Waals surface area contributed by atoms with E-state index in [-0.39, 0.29) is 36.5 Å². The molecule has 1 aromatic heterocycles. The number of aromatic amines is 1. The van der Waals surface area contributed by atoms with E-state index in [0.717, 1.165) is 0 Å². The van der Waals surface area contributed by atoms with Crippen molar-refractivity contribution in [1.29, 1.82) is 0 Å². The molecule has 1 atom stereocenters. The largest absolute Gasteiger partial charge is 0.493 e. The van der Waals surface area contributed by atoms with Crippen LogP contribution in [0.15, 0.2) is 10.9 Å². The highest BCUT2D eigenvalue weighted by molar-refractivity contribution is 5.94. The number of hydrogen-bond donors (Lipinski definition) is 3. The van der Waals surface area contributed by atoms with Crippen LogP contribution in [0.5, 0.6) is 23.0 Å². The Bertz CT molecular complexity index is 970. The molecule has 0 saturated heterocycles. The summed E-state index contributed by atoms with van der Waals surface area (Å²) in [6, 6.07) is 1.68. The summed E-state index contributed by atoms with van der Waals surface area (Å²) in [6.07, 6.45) is 0.0286. The van der Waals surface area contributed by atoms with E-state index in [0.29, 0.717) is 28.6 Å². The van der Waals surface area contributed by atoms with Crippen LogP contribution in [-0.4, -0.2) is 36.9 Å². The number of H-pyrrole nitrogens is 1. The van der Waals surface area contributed by atoms with Gasteiger partial charge in [-0.05, 0) is 6.07 Å². The second kappa shape index (κ2) is 5.83. The summed E-state index contributed by atoms with van der Waals surface area (Å²) in [4.78, 5) is 31.2. The standard InChI is InChI=1S/C16H16N4O6/c1-23-8-3-7(11(24-2)13-12(8)25-5-26-13)6-4-9(21)18-14-10(6)15(22)20-16(17)19-14/h3,6H,4-5H2,1-2H3,(H4,17,18,19,20,21,22)/t6-/m0/s1. The lowest BCUT2D eigenvalue weighted by atomic mass is 9.85. The smallest absolute Gasteiger partial charge is 0.258 e. The molecule has 3 heterocycles. The number of carbonyl (C=O) groups is 1. The molecule has 136 valence electrons. The first kappa shape index (κ1) is 16.1. The number of methoxy groups -OCH3 is 2. The second-order valence-electron chi connectivity index (χ2n) is 5.78. The van der Waals surface area contributed by atoms with Crippen LogP contribution < -0.4 is 35.6 Å². The first-order chi connectivity index (χ1) is 12.5. The minimum Gasteiger partial charge on any atom is -0.493 e. The van der Waals surface area contributed by atoms with Crippen LogP contribution in [0.1, 0.15) is 23.5 Å². The number of anilines is 2. The zero-order valence-corrected chi connectivity index (χ0v) is 14.0. The van der Waals surface area contributed by atoms with Crippen LogP contribution in [-0.2, 0) is 4.79 Å². The lowest BCUT2D eigenvalue weighted by Crippen LogP contribution is -2.31. The van der Waals surface area contributed by atoms with Gasteiger partial charge >= 0.3 is 0 Å². The molecule has 0 fully saturated rings. The van der Waals surface area contributed by atoms with E-state index < -0.39 is 11.5 Å². The summed E-state index contributed by atoms with van der Waals surface area (Å²) < 4.78 is 21.8. The quantitative estimate of drug-likeness (QED) is 0.722. The van der Waals surface area contributed by atoms with Gasteiger partial charge in [0.15, 0.2) is 11.5 Å². The highest BCUT2D eigenvalue weighted by atomic mass is 16.7. The Hall–Kier alpha value is -3.43. The maximum absolute atomic E-state index is 12.5. The van der Waals surface area contributed by atoms with Crippen molar-refractivity contribution in [1.82, 2.24) is 9.97 Å². The average Bonchev–Trinajstić information content (AvgIpc) is 3.08. The van der Waals surface area contributed by atoms with Gasteiger partial charge in [-0.1, -0.05) is 0 Å². The summed E-state index contributed by atoms with van der Waals surface area (Å²) >= 11 is 0. The van der Waals surface area contributed by atoms with Crippen molar-refractivity contribution in [3.05, 3.63) is 27.5 Å². The number of nitrogens with zero attached hydrogens (tertiary/aromatic N) is 1. The topological polar surface area (TPSA) is 138 Å². The molecule has 0 radical (unpaired) electrons. The van der Waals surface area contributed by atoms with Crippen LogP contribution in [0.4, 0.5) is 11.8 Å². The van der Waals surface area contributed by atoms with Crippen LogP contribution in [0, 0.1) is 0 Å². The van der Waals surface area contributed by atoms with Gasteiger partial charge < -0.3 is 30.0 Å². The van der Waals surface area contributed by atoms with Gasteiger partial charge in [0, 0.05) is 17.9 Å². The molecule has 0 aliphatic carbocycles. The molecule has 10 nitrogen and oxygen atoms in total. The Morgan fingerprint density at radius 3 is 2.73 bits per heavy atom. The lowest BCUT2D eigenvalue weighted by molar-refractivity contribution is -0.116. The van der Waals surface area contributed by atoms with Crippen LogP contribution >= 0.6 is 0 Å². The number of nitrogens with one attached hydrogen (secondary N) is 2.